The molecule has 0 fully saturated rings. The van der Waals surface area contributed by atoms with Gasteiger partial charge in [-0.2, -0.15) is 0 Å². The van der Waals surface area contributed by atoms with E-state index in [2.05, 4.69) is 21.2 Å². The fourth-order valence-corrected chi connectivity index (χ4v) is 2.70. The molecule has 98 valence electrons. The number of hydrogen-bond donors (Lipinski definition) is 1. The number of hydrogen-bond acceptors (Lipinski definition) is 4. The van der Waals surface area contributed by atoms with Gasteiger partial charge in [-0.05, 0) is 30.3 Å². The minimum absolute atomic E-state index is 0.0893. The second kappa shape index (κ2) is 6.08. The van der Waals surface area contributed by atoms with Crippen LogP contribution in [0.25, 0.3) is 0 Å². The summed E-state index contributed by atoms with van der Waals surface area (Å²) in [5, 5.41) is 13.8. The SMILES string of the molecule is CNc1cc(Sc2ccc(Br)cc2)cc([N+](=O)[O-])c1. The molecule has 0 radical (unpaired) electrons. The molecule has 2 aromatic carbocycles. The van der Waals surface area contributed by atoms with E-state index in [-0.39, 0.29) is 10.6 Å². The first kappa shape index (κ1) is 13.9. The van der Waals surface area contributed by atoms with Crippen molar-refractivity contribution >= 4 is 39.1 Å². The summed E-state index contributed by atoms with van der Waals surface area (Å²) in [4.78, 5) is 12.4. The van der Waals surface area contributed by atoms with Crippen LogP contribution in [0.3, 0.4) is 0 Å². The Morgan fingerprint density at radius 2 is 1.84 bits per heavy atom. The van der Waals surface area contributed by atoms with Crippen LogP contribution < -0.4 is 5.32 Å². The van der Waals surface area contributed by atoms with Crippen molar-refractivity contribution in [1.29, 1.82) is 0 Å². The molecule has 0 unspecified atom stereocenters. The monoisotopic (exact) mass is 338 g/mol. The second-order valence-corrected chi connectivity index (χ2v) is 5.84. The molecule has 4 nitrogen and oxygen atoms in total. The number of non-ortho nitro benzene ring substituents is 1. The van der Waals surface area contributed by atoms with E-state index in [9.17, 15) is 10.1 Å². The van der Waals surface area contributed by atoms with Gasteiger partial charge in [0.05, 0.1) is 4.92 Å². The van der Waals surface area contributed by atoms with Gasteiger partial charge in [0.15, 0.2) is 0 Å². The fraction of sp³-hybridized carbons (Fsp3) is 0.0769. The number of halogens is 1. The standard InChI is InChI=1S/C13H11BrN2O2S/c1-15-10-6-11(16(17)18)8-13(7-10)19-12-4-2-9(14)3-5-12/h2-8,15H,1H3. The molecule has 0 amide bonds. The highest BCUT2D eigenvalue weighted by Gasteiger charge is 2.10. The van der Waals surface area contributed by atoms with Crippen LogP contribution in [0, 0.1) is 10.1 Å². The van der Waals surface area contributed by atoms with E-state index in [0.717, 1.165) is 20.0 Å². The summed E-state index contributed by atoms with van der Waals surface area (Å²) in [5.41, 5.74) is 0.820. The zero-order valence-electron chi connectivity index (χ0n) is 10.1. The predicted molar refractivity (Wildman–Crippen MR) is 80.9 cm³/mol. The summed E-state index contributed by atoms with van der Waals surface area (Å²) in [6, 6.07) is 12.8. The summed E-state index contributed by atoms with van der Waals surface area (Å²) >= 11 is 4.87. The lowest BCUT2D eigenvalue weighted by Gasteiger charge is -2.05. The van der Waals surface area contributed by atoms with Gasteiger partial charge in [0.1, 0.15) is 0 Å². The molecule has 0 aliphatic heterocycles. The van der Waals surface area contributed by atoms with Crippen LogP contribution in [-0.2, 0) is 0 Å². The third kappa shape index (κ3) is 3.71. The van der Waals surface area contributed by atoms with Gasteiger partial charge in [-0.3, -0.25) is 10.1 Å². The van der Waals surface area contributed by atoms with Crippen LogP contribution in [0.1, 0.15) is 0 Å². The summed E-state index contributed by atoms with van der Waals surface area (Å²) < 4.78 is 1.01. The Hall–Kier alpha value is -1.53. The Labute approximate surface area is 123 Å². The first-order valence-corrected chi connectivity index (χ1v) is 7.10. The third-order valence-electron chi connectivity index (χ3n) is 2.44. The molecule has 0 saturated heterocycles. The van der Waals surface area contributed by atoms with E-state index < -0.39 is 0 Å². The minimum atomic E-state index is -0.382. The molecule has 6 heteroatoms. The maximum atomic E-state index is 10.9. The molecule has 2 rings (SSSR count). The lowest BCUT2D eigenvalue weighted by atomic mass is 10.3. The maximum absolute atomic E-state index is 10.9. The van der Waals surface area contributed by atoms with Crippen LogP contribution in [0.5, 0.6) is 0 Å². The Morgan fingerprint density at radius 1 is 1.16 bits per heavy atom. The highest BCUT2D eigenvalue weighted by molar-refractivity contribution is 9.10. The molecule has 1 N–H and O–H groups in total. The highest BCUT2D eigenvalue weighted by atomic mass is 79.9. The third-order valence-corrected chi connectivity index (χ3v) is 3.95. The van der Waals surface area contributed by atoms with E-state index in [0.29, 0.717) is 0 Å². The average Bonchev–Trinajstić information content (AvgIpc) is 2.41. The lowest BCUT2D eigenvalue weighted by molar-refractivity contribution is -0.385. The molecule has 2 aromatic rings. The first-order valence-electron chi connectivity index (χ1n) is 5.49. The normalized spacial score (nSPS) is 10.2. The summed E-state index contributed by atoms with van der Waals surface area (Å²) in [6.07, 6.45) is 0. The molecular weight excluding hydrogens is 328 g/mol. The van der Waals surface area contributed by atoms with Crippen molar-refractivity contribution in [3.05, 3.63) is 57.1 Å². The van der Waals surface area contributed by atoms with Crippen molar-refractivity contribution < 1.29 is 4.92 Å². The van der Waals surface area contributed by atoms with Gasteiger partial charge < -0.3 is 5.32 Å². The molecular formula is C13H11BrN2O2S. The summed E-state index contributed by atoms with van der Waals surface area (Å²) in [6.45, 7) is 0. The molecule has 0 heterocycles. The molecule has 0 aliphatic carbocycles. The van der Waals surface area contributed by atoms with Crippen LogP contribution in [0.4, 0.5) is 11.4 Å². The van der Waals surface area contributed by atoms with Gasteiger partial charge in [0.25, 0.3) is 5.69 Å². The Kier molecular flexibility index (Phi) is 4.44. The van der Waals surface area contributed by atoms with Crippen LogP contribution in [0.15, 0.2) is 56.7 Å². The summed E-state index contributed by atoms with van der Waals surface area (Å²) in [7, 11) is 1.74. The quantitative estimate of drug-likeness (QED) is 0.656. The second-order valence-electron chi connectivity index (χ2n) is 3.78. The zero-order chi connectivity index (χ0) is 13.8. The number of nitro groups is 1. The zero-order valence-corrected chi connectivity index (χ0v) is 12.5. The van der Waals surface area contributed by atoms with Crippen molar-refractivity contribution in [1.82, 2.24) is 0 Å². The molecule has 0 bridgehead atoms. The smallest absolute Gasteiger partial charge is 0.272 e. The van der Waals surface area contributed by atoms with Crippen LogP contribution in [0.2, 0.25) is 0 Å². The largest absolute Gasteiger partial charge is 0.388 e. The summed E-state index contributed by atoms with van der Waals surface area (Å²) in [5.74, 6) is 0. The van der Waals surface area contributed by atoms with Crippen molar-refractivity contribution in [3.8, 4) is 0 Å². The fourth-order valence-electron chi connectivity index (χ4n) is 1.53. The molecule has 0 aliphatic rings. The Morgan fingerprint density at radius 3 is 2.42 bits per heavy atom. The molecule has 0 aromatic heterocycles. The molecule has 0 spiro atoms. The van der Waals surface area contributed by atoms with E-state index in [1.165, 1.54) is 17.8 Å². The number of benzene rings is 2. The Balaban J connectivity index is 2.31. The van der Waals surface area contributed by atoms with Crippen LogP contribution in [-0.4, -0.2) is 12.0 Å². The van der Waals surface area contributed by atoms with E-state index in [1.807, 2.05) is 30.3 Å². The topological polar surface area (TPSA) is 55.2 Å². The molecule has 19 heavy (non-hydrogen) atoms. The average molecular weight is 339 g/mol. The van der Waals surface area contributed by atoms with Gasteiger partial charge in [0.2, 0.25) is 0 Å². The Bertz CT molecular complexity index is 602. The molecule has 0 saturated carbocycles. The van der Waals surface area contributed by atoms with E-state index in [1.54, 1.807) is 13.1 Å². The molecule has 0 atom stereocenters. The van der Waals surface area contributed by atoms with Crippen molar-refractivity contribution in [3.63, 3.8) is 0 Å². The number of anilines is 1. The van der Waals surface area contributed by atoms with Crippen molar-refractivity contribution in [2.45, 2.75) is 9.79 Å². The lowest BCUT2D eigenvalue weighted by Crippen LogP contribution is -1.93. The van der Waals surface area contributed by atoms with Crippen LogP contribution >= 0.6 is 27.7 Å². The number of nitrogens with one attached hydrogen (secondary N) is 1. The van der Waals surface area contributed by atoms with E-state index >= 15 is 0 Å². The van der Waals surface area contributed by atoms with Gasteiger partial charge >= 0.3 is 0 Å². The highest BCUT2D eigenvalue weighted by Crippen LogP contribution is 2.33. The van der Waals surface area contributed by atoms with E-state index in [4.69, 9.17) is 0 Å². The minimum Gasteiger partial charge on any atom is -0.388 e. The number of nitro benzene ring substituents is 1. The number of rotatable bonds is 4. The van der Waals surface area contributed by atoms with Crippen molar-refractivity contribution in [2.24, 2.45) is 0 Å². The maximum Gasteiger partial charge on any atom is 0.272 e. The van der Waals surface area contributed by atoms with Gasteiger partial charge in [0, 0.05) is 39.1 Å². The van der Waals surface area contributed by atoms with Gasteiger partial charge in [-0.15, -0.1) is 0 Å². The number of nitrogens with zero attached hydrogens (tertiary/aromatic N) is 1. The predicted octanol–water partition coefficient (Wildman–Crippen LogP) is 4.55. The van der Waals surface area contributed by atoms with Gasteiger partial charge in [-0.1, -0.05) is 27.7 Å². The first-order chi connectivity index (χ1) is 9.08. The van der Waals surface area contributed by atoms with Gasteiger partial charge in [-0.25, -0.2) is 0 Å². The van der Waals surface area contributed by atoms with Crippen molar-refractivity contribution in [2.75, 3.05) is 12.4 Å².